The summed E-state index contributed by atoms with van der Waals surface area (Å²) in [4.78, 5) is 36.0. The van der Waals surface area contributed by atoms with Gasteiger partial charge in [0.2, 0.25) is 11.8 Å². The van der Waals surface area contributed by atoms with Gasteiger partial charge < -0.3 is 25.2 Å². The summed E-state index contributed by atoms with van der Waals surface area (Å²) in [5, 5.41) is 14.9. The normalized spacial score (nSPS) is 16.8. The molecule has 8 nitrogen and oxygen atoms in total. The fourth-order valence-electron chi connectivity index (χ4n) is 4.57. The van der Waals surface area contributed by atoms with Gasteiger partial charge in [-0.25, -0.2) is 13.6 Å². The van der Waals surface area contributed by atoms with Gasteiger partial charge in [-0.2, -0.15) is 0 Å². The second-order valence-electron chi connectivity index (χ2n) is 11.4. The van der Waals surface area contributed by atoms with Crippen molar-refractivity contribution in [2.45, 2.75) is 65.0 Å². The molecule has 1 aliphatic carbocycles. The van der Waals surface area contributed by atoms with Crippen molar-refractivity contribution in [1.29, 1.82) is 0 Å². The summed E-state index contributed by atoms with van der Waals surface area (Å²) in [5.41, 5.74) is 0.324. The van der Waals surface area contributed by atoms with Crippen molar-refractivity contribution in [1.82, 2.24) is 5.32 Å². The van der Waals surface area contributed by atoms with E-state index in [0.29, 0.717) is 37.0 Å². The van der Waals surface area contributed by atoms with E-state index in [4.69, 9.17) is 9.47 Å². The van der Waals surface area contributed by atoms with Gasteiger partial charge in [0.05, 0.1) is 23.8 Å². The lowest BCUT2D eigenvalue weighted by atomic mass is 9.90. The van der Waals surface area contributed by atoms with Crippen molar-refractivity contribution in [2.24, 2.45) is 5.41 Å². The molecular weight excluding hydrogens is 546 g/mol. The largest absolute Gasteiger partial charge is 0.484 e. The molecule has 0 spiro atoms. The first-order valence-corrected chi connectivity index (χ1v) is 13.7. The number of amides is 2. The molecular formula is C32H34F2N2O6. The Labute approximate surface area is 243 Å². The maximum Gasteiger partial charge on any atom is 0.337 e. The molecule has 3 N–H and O–H groups in total. The summed E-state index contributed by atoms with van der Waals surface area (Å²) in [7, 11) is 0. The molecule has 0 bridgehead atoms. The number of carboxylic acids is 1. The van der Waals surface area contributed by atoms with Gasteiger partial charge in [-0.05, 0) is 55.5 Å². The molecule has 0 atom stereocenters. The van der Waals surface area contributed by atoms with Crippen LogP contribution < -0.4 is 20.1 Å². The highest BCUT2D eigenvalue weighted by Gasteiger charge is 2.29. The van der Waals surface area contributed by atoms with Crippen LogP contribution in [0.3, 0.4) is 0 Å². The summed E-state index contributed by atoms with van der Waals surface area (Å²) >= 11 is 0. The molecule has 0 unspecified atom stereocenters. The minimum absolute atomic E-state index is 0.0106. The van der Waals surface area contributed by atoms with Gasteiger partial charge in [0.25, 0.3) is 0 Å². The van der Waals surface area contributed by atoms with Crippen molar-refractivity contribution < 1.29 is 37.7 Å². The molecule has 222 valence electrons. The predicted molar refractivity (Wildman–Crippen MR) is 153 cm³/mol. The molecule has 3 aromatic carbocycles. The first-order chi connectivity index (χ1) is 19.9. The van der Waals surface area contributed by atoms with E-state index in [0.717, 1.165) is 12.1 Å². The quantitative estimate of drug-likeness (QED) is 0.267. The third-order valence-corrected chi connectivity index (χ3v) is 6.90. The number of halogens is 2. The van der Waals surface area contributed by atoms with Crippen molar-refractivity contribution in [3.63, 3.8) is 0 Å². The SMILES string of the molecule is CC(C)(C)C(=O)NC1CCC(Oc2c(F)cc(Oc3ccc(CC(=O)Nc4ccccc4C(=O)O)cc3)cc2F)CC1. The van der Waals surface area contributed by atoms with E-state index in [9.17, 15) is 28.3 Å². The zero-order chi connectivity index (χ0) is 30.4. The Kier molecular flexibility index (Phi) is 9.45. The van der Waals surface area contributed by atoms with Gasteiger partial charge in [0, 0.05) is 23.6 Å². The maximum absolute atomic E-state index is 14.8. The van der Waals surface area contributed by atoms with E-state index >= 15 is 0 Å². The number of hydrogen-bond donors (Lipinski definition) is 3. The number of aromatic carboxylic acids is 1. The van der Waals surface area contributed by atoms with Crippen LogP contribution in [0.2, 0.25) is 0 Å². The molecule has 0 aliphatic heterocycles. The lowest BCUT2D eigenvalue weighted by Gasteiger charge is -2.31. The molecule has 1 saturated carbocycles. The Balaban J connectivity index is 1.30. The van der Waals surface area contributed by atoms with Gasteiger partial charge in [-0.3, -0.25) is 9.59 Å². The second kappa shape index (κ2) is 13.0. The van der Waals surface area contributed by atoms with Crippen LogP contribution in [-0.4, -0.2) is 35.0 Å². The monoisotopic (exact) mass is 580 g/mol. The average molecular weight is 581 g/mol. The highest BCUT2D eigenvalue weighted by molar-refractivity contribution is 6.01. The van der Waals surface area contributed by atoms with Crippen LogP contribution in [0.1, 0.15) is 62.4 Å². The van der Waals surface area contributed by atoms with Crippen molar-refractivity contribution >= 4 is 23.5 Å². The number of rotatable bonds is 9. The van der Waals surface area contributed by atoms with Gasteiger partial charge >= 0.3 is 5.97 Å². The Hall–Kier alpha value is -4.47. The number of para-hydroxylation sites is 1. The first kappa shape index (κ1) is 30.5. The van der Waals surface area contributed by atoms with E-state index in [1.165, 1.54) is 12.1 Å². The Bertz CT molecular complexity index is 1420. The maximum atomic E-state index is 14.8. The number of carboxylic acid groups (broad SMARTS) is 1. The van der Waals surface area contributed by atoms with Crippen molar-refractivity contribution in [3.8, 4) is 17.2 Å². The van der Waals surface area contributed by atoms with Crippen LogP contribution in [0.4, 0.5) is 14.5 Å². The van der Waals surface area contributed by atoms with Crippen molar-refractivity contribution in [2.75, 3.05) is 5.32 Å². The zero-order valence-electron chi connectivity index (χ0n) is 23.7. The lowest BCUT2D eigenvalue weighted by molar-refractivity contribution is -0.129. The summed E-state index contributed by atoms with van der Waals surface area (Å²) in [5.74, 6) is -3.56. The molecule has 10 heteroatoms. The lowest BCUT2D eigenvalue weighted by Crippen LogP contribution is -2.44. The molecule has 0 heterocycles. The Morgan fingerprint density at radius 2 is 1.52 bits per heavy atom. The molecule has 4 rings (SSSR count). The Morgan fingerprint density at radius 3 is 2.12 bits per heavy atom. The highest BCUT2D eigenvalue weighted by Crippen LogP contribution is 2.33. The van der Waals surface area contributed by atoms with E-state index < -0.39 is 34.7 Å². The predicted octanol–water partition coefficient (Wildman–Crippen LogP) is 6.49. The van der Waals surface area contributed by atoms with Crippen molar-refractivity contribution in [3.05, 3.63) is 83.4 Å². The number of hydrogen-bond acceptors (Lipinski definition) is 5. The molecule has 3 aromatic rings. The fourth-order valence-corrected chi connectivity index (χ4v) is 4.57. The van der Waals surface area contributed by atoms with E-state index in [1.54, 1.807) is 36.4 Å². The topological polar surface area (TPSA) is 114 Å². The summed E-state index contributed by atoms with van der Waals surface area (Å²) in [6.45, 7) is 5.54. The summed E-state index contributed by atoms with van der Waals surface area (Å²) < 4.78 is 40.9. The molecule has 2 amide bonds. The third-order valence-electron chi connectivity index (χ3n) is 6.90. The second-order valence-corrected chi connectivity index (χ2v) is 11.4. The number of carbonyl (C=O) groups excluding carboxylic acids is 2. The first-order valence-electron chi connectivity index (χ1n) is 13.7. The van der Waals surface area contributed by atoms with Crippen LogP contribution in [0, 0.1) is 17.0 Å². The number of nitrogens with one attached hydrogen (secondary N) is 2. The number of benzene rings is 3. The number of anilines is 1. The zero-order valence-corrected chi connectivity index (χ0v) is 23.7. The molecule has 0 radical (unpaired) electrons. The van der Waals surface area contributed by atoms with Gasteiger partial charge in [-0.1, -0.05) is 45.0 Å². The molecule has 0 aromatic heterocycles. The molecule has 42 heavy (non-hydrogen) atoms. The third kappa shape index (κ3) is 8.05. The van der Waals surface area contributed by atoms with Crippen LogP contribution >= 0.6 is 0 Å². The highest BCUT2D eigenvalue weighted by atomic mass is 19.1. The summed E-state index contributed by atoms with van der Waals surface area (Å²) in [6.07, 6.45) is 2.04. The fraction of sp³-hybridized carbons (Fsp3) is 0.344. The van der Waals surface area contributed by atoms with Crippen LogP contribution in [0.15, 0.2) is 60.7 Å². The minimum atomic E-state index is -1.15. The van der Waals surface area contributed by atoms with Gasteiger partial charge in [-0.15, -0.1) is 0 Å². The van der Waals surface area contributed by atoms with Gasteiger partial charge in [0.1, 0.15) is 11.5 Å². The van der Waals surface area contributed by atoms with E-state index in [1.807, 2.05) is 20.8 Å². The van der Waals surface area contributed by atoms with Crippen LogP contribution in [-0.2, 0) is 16.0 Å². The molecule has 1 aliphatic rings. The van der Waals surface area contributed by atoms with Crippen LogP contribution in [0.5, 0.6) is 17.2 Å². The molecule has 0 saturated heterocycles. The average Bonchev–Trinajstić information content (AvgIpc) is 2.92. The number of ether oxygens (including phenoxy) is 2. The van der Waals surface area contributed by atoms with Crippen LogP contribution in [0.25, 0.3) is 0 Å². The van der Waals surface area contributed by atoms with E-state index in [2.05, 4.69) is 10.6 Å². The molecule has 1 fully saturated rings. The minimum Gasteiger partial charge on any atom is -0.484 e. The standard InChI is InChI=1S/C32H34F2N2O6/c1-32(2,3)31(40)35-20-10-14-22(15-11-20)42-29-25(33)17-23(18-26(29)34)41-21-12-8-19(9-13-21)16-28(37)36-27-7-5-4-6-24(27)30(38)39/h4-9,12-13,17-18,20,22H,10-11,14-16H2,1-3H3,(H,35,40)(H,36,37)(H,38,39). The number of carbonyl (C=O) groups is 3. The van der Waals surface area contributed by atoms with Gasteiger partial charge in [0.15, 0.2) is 17.4 Å². The van der Waals surface area contributed by atoms with E-state index in [-0.39, 0.29) is 41.5 Å². The summed E-state index contributed by atoms with van der Waals surface area (Å²) in [6, 6.07) is 14.6. The Morgan fingerprint density at radius 1 is 0.905 bits per heavy atom. The smallest absolute Gasteiger partial charge is 0.337 e.